The summed E-state index contributed by atoms with van der Waals surface area (Å²) in [6, 6.07) is 3.95. The Kier molecular flexibility index (Phi) is 4.21. The Hall–Kier alpha value is -1.90. The molecule has 0 heterocycles. The van der Waals surface area contributed by atoms with E-state index in [4.69, 9.17) is 0 Å². The van der Waals surface area contributed by atoms with Gasteiger partial charge in [-0.1, -0.05) is 19.6 Å². The first-order valence-corrected chi connectivity index (χ1v) is 5.53. The van der Waals surface area contributed by atoms with Crippen LogP contribution < -0.4 is 0 Å². The summed E-state index contributed by atoms with van der Waals surface area (Å²) in [7, 11) is 0. The van der Waals surface area contributed by atoms with Gasteiger partial charge in [0.2, 0.25) is 0 Å². The lowest BCUT2D eigenvalue weighted by Gasteiger charge is -2.12. The number of aliphatic hydroxyl groups is 1. The second-order valence-corrected chi connectivity index (χ2v) is 3.95. The Labute approximate surface area is 102 Å². The van der Waals surface area contributed by atoms with Crippen molar-refractivity contribution in [2.45, 2.75) is 27.2 Å². The van der Waals surface area contributed by atoms with E-state index >= 15 is 0 Å². The van der Waals surface area contributed by atoms with Crippen molar-refractivity contribution in [3.8, 4) is 0 Å². The third-order valence-corrected chi connectivity index (χ3v) is 2.75. The van der Waals surface area contributed by atoms with Crippen molar-refractivity contribution >= 4 is 18.2 Å². The molecule has 0 atom stereocenters. The first kappa shape index (κ1) is 13.2. The fourth-order valence-corrected chi connectivity index (χ4v) is 1.87. The molecular weight excluding hydrogens is 212 g/mol. The minimum atomic E-state index is 0.0748. The van der Waals surface area contributed by atoms with Crippen LogP contribution in [0.25, 0.3) is 5.76 Å². The van der Waals surface area contributed by atoms with Crippen LogP contribution in [0.3, 0.4) is 0 Å². The first-order valence-electron chi connectivity index (χ1n) is 5.53. The van der Waals surface area contributed by atoms with Gasteiger partial charge in [0.15, 0.2) is 0 Å². The molecule has 17 heavy (non-hydrogen) atoms. The van der Waals surface area contributed by atoms with Crippen LogP contribution in [-0.2, 0) is 6.42 Å². The maximum absolute atomic E-state index is 9.53. The van der Waals surface area contributed by atoms with Crippen molar-refractivity contribution in [3.63, 3.8) is 0 Å². The fourth-order valence-electron chi connectivity index (χ4n) is 1.87. The Morgan fingerprint density at radius 3 is 2.47 bits per heavy atom. The molecule has 1 aromatic carbocycles. The van der Waals surface area contributed by atoms with E-state index in [2.05, 4.69) is 30.4 Å². The number of nitrogens with zero attached hydrogens (tertiary/aromatic N) is 2. The van der Waals surface area contributed by atoms with Crippen LogP contribution in [0, 0.1) is 6.92 Å². The molecule has 1 aromatic rings. The van der Waals surface area contributed by atoms with Crippen LogP contribution in [0.5, 0.6) is 0 Å². The quantitative estimate of drug-likeness (QED) is 0.480. The van der Waals surface area contributed by atoms with E-state index in [1.54, 1.807) is 0 Å². The van der Waals surface area contributed by atoms with E-state index in [1.807, 2.05) is 26.0 Å². The lowest BCUT2D eigenvalue weighted by atomic mass is 9.94. The zero-order valence-electron chi connectivity index (χ0n) is 10.6. The number of benzene rings is 1. The molecule has 1 N–H and O–H groups in total. The van der Waals surface area contributed by atoms with Gasteiger partial charge in [0.1, 0.15) is 5.76 Å². The van der Waals surface area contributed by atoms with Gasteiger partial charge in [-0.25, -0.2) is 0 Å². The van der Waals surface area contributed by atoms with Crippen molar-refractivity contribution in [1.29, 1.82) is 0 Å². The maximum atomic E-state index is 9.53. The zero-order chi connectivity index (χ0) is 13.0. The highest BCUT2D eigenvalue weighted by molar-refractivity contribution is 6.00. The fraction of sp³-hybridized carbons (Fsp3) is 0.286. The minimum absolute atomic E-state index is 0.0748. The Bertz CT molecular complexity index is 487. The summed E-state index contributed by atoms with van der Waals surface area (Å²) in [5, 5.41) is 17.0. The molecule has 90 valence electrons. The summed E-state index contributed by atoms with van der Waals surface area (Å²) < 4.78 is 0. The molecule has 3 nitrogen and oxygen atoms in total. The van der Waals surface area contributed by atoms with Gasteiger partial charge >= 0.3 is 0 Å². The molecule has 0 aliphatic heterocycles. The summed E-state index contributed by atoms with van der Waals surface area (Å²) in [5.74, 6) is 0.0748. The summed E-state index contributed by atoms with van der Waals surface area (Å²) >= 11 is 0. The first-order chi connectivity index (χ1) is 8.01. The third kappa shape index (κ3) is 2.81. The average molecular weight is 230 g/mol. The normalized spacial score (nSPS) is 11.4. The molecule has 0 aliphatic carbocycles. The molecule has 0 unspecified atom stereocenters. The number of aryl methyl sites for hydroxylation is 2. The molecule has 0 fully saturated rings. The summed E-state index contributed by atoms with van der Waals surface area (Å²) in [6.45, 7) is 12.8. The molecule has 0 saturated carbocycles. The predicted molar refractivity (Wildman–Crippen MR) is 74.0 cm³/mol. The van der Waals surface area contributed by atoms with E-state index in [0.717, 1.165) is 28.8 Å². The van der Waals surface area contributed by atoms with Crippen molar-refractivity contribution in [2.24, 2.45) is 10.2 Å². The lowest BCUT2D eigenvalue weighted by molar-refractivity contribution is 0.513. The van der Waals surface area contributed by atoms with Crippen LogP contribution in [-0.4, -0.2) is 17.5 Å². The molecule has 1 rings (SSSR count). The standard InChI is InChI=1S/C14H18N2O/c1-6-12-7-9(2)13(11(4)17)8-14(12)10(3)16-15-5/h7-8,17H,4-6H2,1-3H3/b16-10+. The zero-order valence-corrected chi connectivity index (χ0v) is 10.6. The highest BCUT2D eigenvalue weighted by atomic mass is 16.3. The summed E-state index contributed by atoms with van der Waals surface area (Å²) in [6.07, 6.45) is 0.901. The van der Waals surface area contributed by atoms with E-state index in [0.29, 0.717) is 0 Å². The monoisotopic (exact) mass is 230 g/mol. The molecule has 0 spiro atoms. The Morgan fingerprint density at radius 2 is 2.00 bits per heavy atom. The van der Waals surface area contributed by atoms with E-state index in [9.17, 15) is 5.11 Å². The molecule has 0 saturated heterocycles. The molecule has 0 bridgehead atoms. The molecule has 0 amide bonds. The molecule has 0 aromatic heterocycles. The predicted octanol–water partition coefficient (Wildman–Crippen LogP) is 3.51. The average Bonchev–Trinajstić information content (AvgIpc) is 2.28. The second kappa shape index (κ2) is 5.43. The maximum Gasteiger partial charge on any atom is 0.115 e. The molecule has 3 heteroatoms. The largest absolute Gasteiger partial charge is 0.508 e. The van der Waals surface area contributed by atoms with Crippen LogP contribution in [0.4, 0.5) is 0 Å². The van der Waals surface area contributed by atoms with Gasteiger partial charge in [-0.2, -0.15) is 10.2 Å². The van der Waals surface area contributed by atoms with Crippen LogP contribution >= 0.6 is 0 Å². The van der Waals surface area contributed by atoms with Crippen molar-refractivity contribution in [1.82, 2.24) is 0 Å². The van der Waals surface area contributed by atoms with Gasteiger partial charge in [-0.15, -0.1) is 0 Å². The minimum Gasteiger partial charge on any atom is -0.508 e. The molecule has 0 aliphatic rings. The van der Waals surface area contributed by atoms with Gasteiger partial charge in [0.25, 0.3) is 0 Å². The highest BCUT2D eigenvalue weighted by Crippen LogP contribution is 2.22. The van der Waals surface area contributed by atoms with Gasteiger partial charge in [0, 0.05) is 17.8 Å². The molecule has 0 radical (unpaired) electrons. The summed E-state index contributed by atoms with van der Waals surface area (Å²) in [4.78, 5) is 0. The summed E-state index contributed by atoms with van der Waals surface area (Å²) in [5.41, 5.74) is 4.71. The lowest BCUT2D eigenvalue weighted by Crippen LogP contribution is -2.03. The number of hydrogen-bond donors (Lipinski definition) is 1. The van der Waals surface area contributed by atoms with E-state index < -0.39 is 0 Å². The van der Waals surface area contributed by atoms with Gasteiger partial charge < -0.3 is 5.11 Å². The Balaban J connectivity index is 3.46. The smallest absolute Gasteiger partial charge is 0.115 e. The SMILES string of the molecule is C=N/N=C(\C)c1cc(C(=C)O)c(C)cc1CC. The third-order valence-electron chi connectivity index (χ3n) is 2.75. The van der Waals surface area contributed by atoms with Crippen molar-refractivity contribution in [3.05, 3.63) is 41.0 Å². The number of rotatable bonds is 4. The van der Waals surface area contributed by atoms with Gasteiger partial charge in [0.05, 0.1) is 5.71 Å². The van der Waals surface area contributed by atoms with Crippen molar-refractivity contribution in [2.75, 3.05) is 0 Å². The van der Waals surface area contributed by atoms with Gasteiger partial charge in [-0.3, -0.25) is 0 Å². The topological polar surface area (TPSA) is 45.0 Å². The van der Waals surface area contributed by atoms with Gasteiger partial charge in [-0.05, 0) is 37.5 Å². The van der Waals surface area contributed by atoms with Crippen molar-refractivity contribution < 1.29 is 5.11 Å². The van der Waals surface area contributed by atoms with E-state index in [-0.39, 0.29) is 5.76 Å². The highest BCUT2D eigenvalue weighted by Gasteiger charge is 2.10. The number of hydrogen-bond acceptors (Lipinski definition) is 3. The van der Waals surface area contributed by atoms with Crippen LogP contribution in [0.15, 0.2) is 28.9 Å². The molecular formula is C14H18N2O. The van der Waals surface area contributed by atoms with E-state index in [1.165, 1.54) is 5.56 Å². The van der Waals surface area contributed by atoms with Crippen LogP contribution in [0.1, 0.15) is 36.1 Å². The van der Waals surface area contributed by atoms with Crippen LogP contribution in [0.2, 0.25) is 0 Å². The second-order valence-electron chi connectivity index (χ2n) is 3.95. The number of aliphatic hydroxyl groups excluding tert-OH is 1. The Morgan fingerprint density at radius 1 is 1.35 bits per heavy atom.